The van der Waals surface area contributed by atoms with Gasteiger partial charge in [-0.25, -0.2) is 0 Å². The van der Waals surface area contributed by atoms with Gasteiger partial charge in [0, 0.05) is 0 Å². The molecule has 0 aliphatic carbocycles. The Morgan fingerprint density at radius 1 is 1.45 bits per heavy atom. The average molecular weight is 333 g/mol. The molecule has 1 aromatic rings. The van der Waals surface area contributed by atoms with Gasteiger partial charge in [0.25, 0.3) is 0 Å². The molecule has 0 aliphatic rings. The van der Waals surface area contributed by atoms with E-state index < -0.39 is 4.39 Å². The van der Waals surface area contributed by atoms with Crippen molar-refractivity contribution >= 4 is 0 Å². The zero-order valence-corrected chi connectivity index (χ0v) is 8.15. The third kappa shape index (κ3) is 3.71. The molecule has 11 heavy (non-hydrogen) atoms. The summed E-state index contributed by atoms with van der Waals surface area (Å²) >= 11 is 1.97. The zero-order valence-electron chi connectivity index (χ0n) is 5.98. The van der Waals surface area contributed by atoms with Crippen LogP contribution in [0.15, 0.2) is 24.3 Å². The number of halogens is 1. The molecule has 1 rings (SSSR count). The fourth-order valence-electron chi connectivity index (χ4n) is 0.853. The Labute approximate surface area is 78.7 Å². The van der Waals surface area contributed by atoms with Crippen LogP contribution in [0.4, 0.5) is 4.39 Å². The molecule has 0 saturated heterocycles. The van der Waals surface area contributed by atoms with E-state index >= 15 is 0 Å². The van der Waals surface area contributed by atoms with E-state index in [1.165, 1.54) is 5.56 Å². The summed E-state index contributed by atoms with van der Waals surface area (Å²) in [5.41, 5.74) is 1.18. The predicted octanol–water partition coefficient (Wildman–Crippen LogP) is 2.26. The van der Waals surface area contributed by atoms with Crippen LogP contribution >= 0.6 is 0 Å². The van der Waals surface area contributed by atoms with E-state index in [-0.39, 0.29) is 0 Å². The molecule has 0 aromatic heterocycles. The molecule has 0 heterocycles. The number of aryl methyl sites for hydroxylation is 1. The standard InChI is InChI=1S/C9H9F.Au/c10-8-4-7-9-5-2-1-3-6-9;/h2-3,5-6,8H,4,7H2;. The monoisotopic (exact) mass is 333 g/mol. The topological polar surface area (TPSA) is 0 Å². The fraction of sp³-hybridized carbons (Fsp3) is 0.333. The molecule has 63 valence electrons. The van der Waals surface area contributed by atoms with E-state index in [0.29, 0.717) is 6.42 Å². The molecule has 1 radical (unpaired) electrons. The summed E-state index contributed by atoms with van der Waals surface area (Å²) in [5.74, 6) is 0. The van der Waals surface area contributed by atoms with Gasteiger partial charge in [0.2, 0.25) is 0 Å². The van der Waals surface area contributed by atoms with E-state index in [4.69, 9.17) is 0 Å². The molecular formula is C9H9AuF. The number of alkyl halides is 1. The minimum absolute atomic E-state index is 0.590. The van der Waals surface area contributed by atoms with E-state index in [2.05, 4.69) is 6.07 Å². The van der Waals surface area contributed by atoms with Crippen LogP contribution in [0.1, 0.15) is 12.0 Å². The summed E-state index contributed by atoms with van der Waals surface area (Å²) in [4.78, 5) is 0. The van der Waals surface area contributed by atoms with Gasteiger partial charge in [-0.15, -0.1) is 0 Å². The molecule has 0 bridgehead atoms. The Balaban J connectivity index is 2.39. The number of rotatable bonds is 3. The van der Waals surface area contributed by atoms with Gasteiger partial charge in [0.1, 0.15) is 0 Å². The molecule has 1 atom stereocenters. The van der Waals surface area contributed by atoms with Crippen LogP contribution < -0.4 is 0 Å². The van der Waals surface area contributed by atoms with E-state index in [1.807, 2.05) is 45.3 Å². The Bertz CT molecular complexity index is 196. The molecule has 0 fully saturated rings. The van der Waals surface area contributed by atoms with Gasteiger partial charge in [0.15, 0.2) is 0 Å². The molecule has 0 N–H and O–H groups in total. The van der Waals surface area contributed by atoms with E-state index in [1.54, 1.807) is 0 Å². The van der Waals surface area contributed by atoms with Crippen molar-refractivity contribution in [1.82, 2.24) is 0 Å². The van der Waals surface area contributed by atoms with Crippen molar-refractivity contribution in [3.05, 3.63) is 35.9 Å². The molecule has 0 aliphatic heterocycles. The second kappa shape index (κ2) is 4.70. The van der Waals surface area contributed by atoms with Gasteiger partial charge in [-0.1, -0.05) is 0 Å². The predicted molar refractivity (Wildman–Crippen MR) is 38.5 cm³/mol. The first-order valence-corrected chi connectivity index (χ1v) is 4.73. The van der Waals surface area contributed by atoms with Crippen LogP contribution in [-0.2, 0) is 27.5 Å². The Morgan fingerprint density at radius 3 is 2.64 bits per heavy atom. The van der Waals surface area contributed by atoms with Crippen molar-refractivity contribution < 1.29 is 25.5 Å². The quantitative estimate of drug-likeness (QED) is 0.745. The molecule has 0 amide bonds. The van der Waals surface area contributed by atoms with E-state index in [0.717, 1.165) is 6.42 Å². The van der Waals surface area contributed by atoms with Crippen molar-refractivity contribution in [3.63, 3.8) is 0 Å². The van der Waals surface area contributed by atoms with Crippen LogP contribution in [-0.4, -0.2) is 4.39 Å². The maximum absolute atomic E-state index is 12.4. The first-order chi connectivity index (χ1) is 5.29. The van der Waals surface area contributed by atoms with Crippen molar-refractivity contribution in [2.75, 3.05) is 0 Å². The number of hydrogen-bond donors (Lipinski definition) is 0. The van der Waals surface area contributed by atoms with Gasteiger partial charge in [-0.3, -0.25) is 0 Å². The van der Waals surface area contributed by atoms with Crippen LogP contribution in [0.3, 0.4) is 0 Å². The normalized spacial score (nSPS) is 13.0. The minimum atomic E-state index is -0.751. The van der Waals surface area contributed by atoms with Crippen molar-refractivity contribution in [3.8, 4) is 0 Å². The molecule has 1 aromatic carbocycles. The van der Waals surface area contributed by atoms with Gasteiger partial charge in [-0.05, 0) is 0 Å². The second-order valence-electron chi connectivity index (χ2n) is 2.29. The van der Waals surface area contributed by atoms with Gasteiger partial charge < -0.3 is 0 Å². The summed E-state index contributed by atoms with van der Waals surface area (Å²) in [6, 6.07) is 10.6. The maximum atomic E-state index is 12.4. The fourth-order valence-corrected chi connectivity index (χ4v) is 1.17. The summed E-state index contributed by atoms with van der Waals surface area (Å²) in [7, 11) is 0. The molecule has 0 nitrogen and oxygen atoms in total. The summed E-state index contributed by atoms with van der Waals surface area (Å²) in [6.45, 7) is 0. The van der Waals surface area contributed by atoms with Crippen molar-refractivity contribution in [2.45, 2.75) is 17.2 Å². The first-order valence-electron chi connectivity index (χ1n) is 3.48. The summed E-state index contributed by atoms with van der Waals surface area (Å²) in [5, 5.41) is 0. The molecule has 2 heteroatoms. The second-order valence-corrected chi connectivity index (χ2v) is 3.65. The van der Waals surface area contributed by atoms with Crippen molar-refractivity contribution in [2.24, 2.45) is 0 Å². The Hall–Kier alpha value is -0.110. The first kappa shape index (κ1) is 8.98. The van der Waals surface area contributed by atoms with Crippen LogP contribution in [0, 0.1) is 6.07 Å². The molecule has 0 spiro atoms. The molecular weight excluding hydrogens is 324 g/mol. The summed E-state index contributed by atoms with van der Waals surface area (Å²) in [6.07, 6.45) is 1.40. The Morgan fingerprint density at radius 2 is 2.09 bits per heavy atom. The molecule has 0 saturated carbocycles. The van der Waals surface area contributed by atoms with Crippen LogP contribution in [0.2, 0.25) is 0 Å². The van der Waals surface area contributed by atoms with Crippen LogP contribution in [0.5, 0.6) is 0 Å². The SMILES string of the molecule is F[CH]([Au])CCc1cc[c]cc1. The number of hydrogen-bond acceptors (Lipinski definition) is 0. The third-order valence-corrected chi connectivity index (χ3v) is 2.04. The number of benzene rings is 1. The van der Waals surface area contributed by atoms with Gasteiger partial charge in [-0.2, -0.15) is 0 Å². The summed E-state index contributed by atoms with van der Waals surface area (Å²) < 4.78 is 11.6. The van der Waals surface area contributed by atoms with Gasteiger partial charge in [0.05, 0.1) is 0 Å². The molecule has 1 unspecified atom stereocenters. The Kier molecular flexibility index (Phi) is 3.84. The third-order valence-electron chi connectivity index (χ3n) is 1.42. The van der Waals surface area contributed by atoms with Crippen molar-refractivity contribution in [1.29, 1.82) is 0 Å². The zero-order chi connectivity index (χ0) is 8.10. The van der Waals surface area contributed by atoms with Gasteiger partial charge >= 0.3 is 78.6 Å². The van der Waals surface area contributed by atoms with E-state index in [9.17, 15) is 4.39 Å². The average Bonchev–Trinajstić information content (AvgIpc) is 2.03. The van der Waals surface area contributed by atoms with Crippen LogP contribution in [0.25, 0.3) is 0 Å².